The Morgan fingerprint density at radius 1 is 1.30 bits per heavy atom. The first-order valence-electron chi connectivity index (χ1n) is 6.66. The number of anilines is 1. The highest BCUT2D eigenvalue weighted by atomic mass is 35.5. The van der Waals surface area contributed by atoms with Crippen molar-refractivity contribution in [2.75, 3.05) is 12.3 Å². The first kappa shape index (κ1) is 15.4. The number of nitrogens with zero attached hydrogens (tertiary/aromatic N) is 4. The highest BCUT2D eigenvalue weighted by Gasteiger charge is 2.11. The molecule has 0 aliphatic rings. The van der Waals surface area contributed by atoms with Crippen molar-refractivity contribution in [2.45, 2.75) is 13.0 Å². The minimum Gasteiger partial charge on any atom is -0.488 e. The molecule has 2 N–H and O–H groups in total. The monoisotopic (exact) mass is 339 g/mol. The number of hydrogen-bond acceptors (Lipinski definition) is 5. The molecule has 2 heterocycles. The molecule has 2 aromatic heterocycles. The van der Waals surface area contributed by atoms with Crippen molar-refractivity contribution in [3.8, 4) is 5.75 Å². The highest BCUT2D eigenvalue weighted by Crippen LogP contribution is 2.20. The Hall–Kier alpha value is -2.48. The number of alkyl halides is 2. The molecule has 23 heavy (non-hydrogen) atoms. The Morgan fingerprint density at radius 3 is 2.91 bits per heavy atom. The molecule has 0 unspecified atom stereocenters. The summed E-state index contributed by atoms with van der Waals surface area (Å²) in [7, 11) is 0. The second kappa shape index (κ2) is 6.33. The van der Waals surface area contributed by atoms with Crippen LogP contribution in [-0.4, -0.2) is 32.6 Å². The van der Waals surface area contributed by atoms with Crippen LogP contribution < -0.4 is 10.5 Å². The minimum absolute atomic E-state index is 0.0331. The molecule has 6 nitrogen and oxygen atoms in total. The summed E-state index contributed by atoms with van der Waals surface area (Å²) in [6.45, 7) is -0.230. The van der Waals surface area contributed by atoms with Crippen LogP contribution in [0.5, 0.6) is 5.75 Å². The van der Waals surface area contributed by atoms with Crippen LogP contribution in [0.3, 0.4) is 0 Å². The van der Waals surface area contributed by atoms with Gasteiger partial charge in [-0.3, -0.25) is 0 Å². The topological polar surface area (TPSA) is 78.9 Å². The van der Waals surface area contributed by atoms with Crippen LogP contribution in [0.1, 0.15) is 5.56 Å². The lowest BCUT2D eigenvalue weighted by Gasteiger charge is -2.08. The van der Waals surface area contributed by atoms with E-state index in [-0.39, 0.29) is 11.1 Å². The smallest absolute Gasteiger partial charge is 0.272 e. The van der Waals surface area contributed by atoms with Crippen LogP contribution in [0.2, 0.25) is 5.28 Å². The fraction of sp³-hybridized carbons (Fsp3) is 0.214. The lowest BCUT2D eigenvalue weighted by Crippen LogP contribution is -2.07. The highest BCUT2D eigenvalue weighted by molar-refractivity contribution is 6.28. The molecule has 120 valence electrons. The molecule has 0 atom stereocenters. The molecule has 0 aliphatic heterocycles. The van der Waals surface area contributed by atoms with Gasteiger partial charge in [0.1, 0.15) is 17.9 Å². The van der Waals surface area contributed by atoms with E-state index in [0.717, 1.165) is 5.56 Å². The molecule has 0 saturated heterocycles. The predicted molar refractivity (Wildman–Crippen MR) is 81.8 cm³/mol. The molecule has 0 fully saturated rings. The van der Waals surface area contributed by atoms with E-state index in [0.29, 0.717) is 23.5 Å². The molecule has 0 amide bonds. The SMILES string of the molecule is Nc1nc(Cl)nc2c1ncn2Cc1cccc(OCC(F)F)c1. The standard InChI is InChI=1S/C14H12ClF2N5O/c15-14-20-12(18)11-13(21-14)22(7-19-11)5-8-2-1-3-9(4-8)23-6-10(16)17/h1-4,7,10H,5-6H2,(H2,18,20,21). The summed E-state index contributed by atoms with van der Waals surface area (Å²) in [5.41, 5.74) is 7.55. The second-order valence-corrected chi connectivity index (χ2v) is 5.11. The Kier molecular flexibility index (Phi) is 4.24. The number of ether oxygens (including phenoxy) is 1. The maximum absolute atomic E-state index is 12.2. The number of fused-ring (bicyclic) bond motifs is 1. The molecule has 3 rings (SSSR count). The lowest BCUT2D eigenvalue weighted by atomic mass is 10.2. The fourth-order valence-corrected chi connectivity index (χ4v) is 2.31. The molecule has 0 saturated carbocycles. The van der Waals surface area contributed by atoms with Crippen LogP contribution in [-0.2, 0) is 6.54 Å². The first-order chi connectivity index (χ1) is 11.0. The zero-order chi connectivity index (χ0) is 16.4. The summed E-state index contributed by atoms with van der Waals surface area (Å²) in [6, 6.07) is 6.87. The van der Waals surface area contributed by atoms with Crippen molar-refractivity contribution in [3.05, 3.63) is 41.4 Å². The van der Waals surface area contributed by atoms with Crippen LogP contribution in [0, 0.1) is 0 Å². The molecule has 1 aromatic carbocycles. The Balaban J connectivity index is 1.86. The van der Waals surface area contributed by atoms with E-state index >= 15 is 0 Å². The summed E-state index contributed by atoms with van der Waals surface area (Å²) in [6.07, 6.45) is -0.948. The van der Waals surface area contributed by atoms with Gasteiger partial charge in [0.2, 0.25) is 5.28 Å². The third-order valence-electron chi connectivity index (χ3n) is 3.09. The van der Waals surface area contributed by atoms with Gasteiger partial charge in [0.25, 0.3) is 6.43 Å². The minimum atomic E-state index is -2.52. The molecule has 3 aromatic rings. The van der Waals surface area contributed by atoms with Gasteiger partial charge in [-0.1, -0.05) is 12.1 Å². The van der Waals surface area contributed by atoms with Gasteiger partial charge in [0.05, 0.1) is 12.9 Å². The quantitative estimate of drug-likeness (QED) is 0.723. The Labute approximate surface area is 134 Å². The van der Waals surface area contributed by atoms with Crippen molar-refractivity contribution in [1.82, 2.24) is 19.5 Å². The number of imidazole rings is 1. The predicted octanol–water partition coefficient (Wildman–Crippen LogP) is 2.75. The molecule has 0 aliphatic carbocycles. The van der Waals surface area contributed by atoms with E-state index in [1.165, 1.54) is 0 Å². The van der Waals surface area contributed by atoms with E-state index in [9.17, 15) is 8.78 Å². The summed E-state index contributed by atoms with van der Waals surface area (Å²) < 4.78 is 31.2. The van der Waals surface area contributed by atoms with E-state index in [4.69, 9.17) is 22.1 Å². The lowest BCUT2D eigenvalue weighted by molar-refractivity contribution is 0.0818. The van der Waals surface area contributed by atoms with E-state index in [2.05, 4.69) is 15.0 Å². The van der Waals surface area contributed by atoms with Crippen molar-refractivity contribution in [1.29, 1.82) is 0 Å². The van der Waals surface area contributed by atoms with E-state index < -0.39 is 13.0 Å². The van der Waals surface area contributed by atoms with E-state index in [1.807, 2.05) is 6.07 Å². The van der Waals surface area contributed by atoms with Gasteiger partial charge in [-0.05, 0) is 29.3 Å². The fourth-order valence-electron chi connectivity index (χ4n) is 2.14. The zero-order valence-corrected chi connectivity index (χ0v) is 12.5. The average molecular weight is 340 g/mol. The van der Waals surface area contributed by atoms with Crippen molar-refractivity contribution in [3.63, 3.8) is 0 Å². The Bertz CT molecular complexity index is 839. The van der Waals surface area contributed by atoms with E-state index in [1.54, 1.807) is 29.1 Å². The molecule has 0 bridgehead atoms. The summed E-state index contributed by atoms with van der Waals surface area (Å²) in [5.74, 6) is 0.576. The molecule has 0 spiro atoms. The summed E-state index contributed by atoms with van der Waals surface area (Å²) in [5, 5.41) is 0.0331. The van der Waals surface area contributed by atoms with Gasteiger partial charge in [-0.15, -0.1) is 0 Å². The maximum Gasteiger partial charge on any atom is 0.272 e. The van der Waals surface area contributed by atoms with Crippen LogP contribution >= 0.6 is 11.6 Å². The van der Waals surface area contributed by atoms with Crippen molar-refractivity contribution < 1.29 is 13.5 Å². The van der Waals surface area contributed by atoms with Gasteiger partial charge >= 0.3 is 0 Å². The van der Waals surface area contributed by atoms with Crippen LogP contribution in [0.4, 0.5) is 14.6 Å². The summed E-state index contributed by atoms with van der Waals surface area (Å²) in [4.78, 5) is 12.1. The molecule has 0 radical (unpaired) electrons. The number of aromatic nitrogens is 4. The maximum atomic E-state index is 12.2. The van der Waals surface area contributed by atoms with Crippen LogP contribution in [0.25, 0.3) is 11.2 Å². The van der Waals surface area contributed by atoms with Gasteiger partial charge in [0, 0.05) is 0 Å². The number of benzene rings is 1. The second-order valence-electron chi connectivity index (χ2n) is 4.77. The van der Waals surface area contributed by atoms with Gasteiger partial charge < -0.3 is 15.0 Å². The molecular formula is C14H12ClF2N5O. The number of nitrogens with two attached hydrogens (primary N) is 1. The molecular weight excluding hydrogens is 328 g/mol. The van der Waals surface area contributed by atoms with Crippen molar-refractivity contribution >= 4 is 28.6 Å². The first-order valence-corrected chi connectivity index (χ1v) is 7.04. The average Bonchev–Trinajstić information content (AvgIpc) is 2.89. The van der Waals surface area contributed by atoms with Crippen molar-refractivity contribution in [2.24, 2.45) is 0 Å². The summed E-state index contributed by atoms with van der Waals surface area (Å²) >= 11 is 5.82. The Morgan fingerprint density at radius 2 is 2.13 bits per heavy atom. The zero-order valence-electron chi connectivity index (χ0n) is 11.8. The van der Waals surface area contributed by atoms with Gasteiger partial charge in [-0.25, -0.2) is 13.8 Å². The number of hydrogen-bond donors (Lipinski definition) is 1. The number of rotatable bonds is 5. The van der Waals surface area contributed by atoms with Gasteiger partial charge in [-0.2, -0.15) is 9.97 Å². The number of nitrogen functional groups attached to an aromatic ring is 1. The normalized spacial score (nSPS) is 11.3. The third-order valence-corrected chi connectivity index (χ3v) is 3.26. The third kappa shape index (κ3) is 3.48. The molecule has 9 heteroatoms. The number of halogens is 3. The van der Waals surface area contributed by atoms with Gasteiger partial charge in [0.15, 0.2) is 11.5 Å². The largest absolute Gasteiger partial charge is 0.488 e. The van der Waals surface area contributed by atoms with Crippen LogP contribution in [0.15, 0.2) is 30.6 Å².